The fourth-order valence-corrected chi connectivity index (χ4v) is 2.82. The van der Waals surface area contributed by atoms with E-state index in [0.717, 1.165) is 12.1 Å². The molecule has 0 unspecified atom stereocenters. The summed E-state index contributed by atoms with van der Waals surface area (Å²) < 4.78 is 27.4. The van der Waals surface area contributed by atoms with Gasteiger partial charge in [0.25, 0.3) is 0 Å². The van der Waals surface area contributed by atoms with Gasteiger partial charge >= 0.3 is 0 Å². The van der Waals surface area contributed by atoms with Gasteiger partial charge in [-0.1, -0.05) is 0 Å². The molecule has 0 spiro atoms. The number of halogens is 2. The Hall–Kier alpha value is -2.12. The number of aliphatic hydroxyl groups is 1. The number of aromatic nitrogens is 2. The molecule has 1 aliphatic heterocycles. The van der Waals surface area contributed by atoms with Crippen molar-refractivity contribution < 1.29 is 13.9 Å². The van der Waals surface area contributed by atoms with Crippen LogP contribution in [0.15, 0.2) is 30.5 Å². The van der Waals surface area contributed by atoms with Gasteiger partial charge in [0.1, 0.15) is 23.3 Å². The second-order valence-electron chi connectivity index (χ2n) is 5.40. The predicted octanol–water partition coefficient (Wildman–Crippen LogP) is 1.64. The van der Waals surface area contributed by atoms with Crippen LogP contribution in [-0.2, 0) is 6.54 Å². The van der Waals surface area contributed by atoms with Crippen molar-refractivity contribution in [3.05, 3.63) is 53.5 Å². The maximum absolute atomic E-state index is 14.0. The van der Waals surface area contributed by atoms with Crippen LogP contribution in [0.2, 0.25) is 0 Å². The number of hydrogen-bond acceptors (Lipinski definition) is 5. The summed E-state index contributed by atoms with van der Waals surface area (Å²) in [5.41, 5.74) is 5.86. The molecule has 0 aliphatic carbocycles. The van der Waals surface area contributed by atoms with E-state index in [1.807, 2.05) is 4.90 Å². The van der Waals surface area contributed by atoms with Crippen molar-refractivity contribution in [2.75, 3.05) is 12.3 Å². The molecule has 1 fully saturated rings. The molecule has 7 heteroatoms. The van der Waals surface area contributed by atoms with E-state index < -0.39 is 23.8 Å². The van der Waals surface area contributed by atoms with Crippen LogP contribution in [0.1, 0.15) is 23.9 Å². The molecule has 0 amide bonds. The second-order valence-corrected chi connectivity index (χ2v) is 5.40. The van der Waals surface area contributed by atoms with Crippen LogP contribution in [0.3, 0.4) is 0 Å². The summed E-state index contributed by atoms with van der Waals surface area (Å²) >= 11 is 0. The number of nitrogen functional groups attached to an aromatic ring is 1. The van der Waals surface area contributed by atoms with Gasteiger partial charge < -0.3 is 10.8 Å². The van der Waals surface area contributed by atoms with Crippen LogP contribution in [-0.4, -0.2) is 32.6 Å². The van der Waals surface area contributed by atoms with Crippen molar-refractivity contribution in [2.45, 2.75) is 25.1 Å². The van der Waals surface area contributed by atoms with E-state index in [1.165, 1.54) is 6.07 Å². The third kappa shape index (κ3) is 3.05. The highest BCUT2D eigenvalue weighted by Gasteiger charge is 2.34. The van der Waals surface area contributed by atoms with Crippen molar-refractivity contribution in [1.82, 2.24) is 14.9 Å². The Morgan fingerprint density at radius 2 is 2.14 bits per heavy atom. The summed E-state index contributed by atoms with van der Waals surface area (Å²) in [6.45, 7) is 0.654. The number of rotatable bonds is 3. The monoisotopic (exact) mass is 306 g/mol. The van der Waals surface area contributed by atoms with Crippen LogP contribution < -0.4 is 5.73 Å². The smallest absolute Gasteiger partial charge is 0.144 e. The van der Waals surface area contributed by atoms with Crippen molar-refractivity contribution in [3.63, 3.8) is 0 Å². The molecule has 2 aromatic rings. The first-order chi connectivity index (χ1) is 10.5. The first kappa shape index (κ1) is 14.8. The van der Waals surface area contributed by atoms with Crippen LogP contribution in [0.25, 0.3) is 0 Å². The van der Waals surface area contributed by atoms with Gasteiger partial charge in [0.15, 0.2) is 0 Å². The van der Waals surface area contributed by atoms with E-state index >= 15 is 0 Å². The predicted molar refractivity (Wildman–Crippen MR) is 76.6 cm³/mol. The van der Waals surface area contributed by atoms with Crippen LogP contribution >= 0.6 is 0 Å². The van der Waals surface area contributed by atoms with E-state index in [-0.39, 0.29) is 5.56 Å². The Morgan fingerprint density at radius 3 is 2.91 bits per heavy atom. The lowest BCUT2D eigenvalue weighted by Gasteiger charge is -2.24. The van der Waals surface area contributed by atoms with Crippen LogP contribution in [0.5, 0.6) is 0 Å². The lowest BCUT2D eigenvalue weighted by Crippen LogP contribution is -2.26. The lowest BCUT2D eigenvalue weighted by molar-refractivity contribution is 0.171. The summed E-state index contributed by atoms with van der Waals surface area (Å²) in [4.78, 5) is 10.0. The topological polar surface area (TPSA) is 75.3 Å². The summed E-state index contributed by atoms with van der Waals surface area (Å²) in [6.07, 6.45) is 1.28. The third-order valence-electron chi connectivity index (χ3n) is 3.77. The van der Waals surface area contributed by atoms with Crippen molar-refractivity contribution in [1.29, 1.82) is 0 Å². The van der Waals surface area contributed by atoms with Gasteiger partial charge in [0, 0.05) is 24.3 Å². The number of nitrogens with two attached hydrogens (primary N) is 1. The van der Waals surface area contributed by atoms with Crippen molar-refractivity contribution in [3.8, 4) is 0 Å². The molecule has 3 N–H and O–H groups in total. The number of aliphatic hydroxyl groups excluding tert-OH is 1. The Labute approximate surface area is 126 Å². The zero-order valence-corrected chi connectivity index (χ0v) is 11.8. The molecular weight excluding hydrogens is 290 g/mol. The lowest BCUT2D eigenvalue weighted by atomic mass is 10.0. The number of β-amino-alcohol motifs (C(OH)–C–C–N with tert-alkyl or cyclic N) is 1. The molecule has 0 radical (unpaired) electrons. The molecular formula is C15H16F2N4O. The quantitative estimate of drug-likeness (QED) is 0.902. The average molecular weight is 306 g/mol. The first-order valence-corrected chi connectivity index (χ1v) is 6.97. The highest BCUT2D eigenvalue weighted by atomic mass is 19.1. The summed E-state index contributed by atoms with van der Waals surface area (Å²) in [5, 5.41) is 9.90. The highest BCUT2D eigenvalue weighted by molar-refractivity contribution is 5.26. The largest absolute Gasteiger partial charge is 0.392 e. The van der Waals surface area contributed by atoms with Gasteiger partial charge in [0.2, 0.25) is 0 Å². The number of hydrogen-bond donors (Lipinski definition) is 2. The normalized spacial score (nSPS) is 22.1. The van der Waals surface area contributed by atoms with Gasteiger partial charge in [-0.15, -0.1) is 0 Å². The zero-order chi connectivity index (χ0) is 15.7. The molecule has 1 aromatic carbocycles. The molecule has 2 heterocycles. The number of likely N-dealkylation sites (tertiary alicyclic amines) is 1. The molecule has 22 heavy (non-hydrogen) atoms. The van der Waals surface area contributed by atoms with Crippen LogP contribution in [0, 0.1) is 11.6 Å². The molecule has 2 atom stereocenters. The Bertz CT molecular complexity index is 682. The SMILES string of the molecule is Nc1ccnc(CN2C[C@@H](O)C[C@H]2c2cc(F)ccc2F)n1. The molecule has 0 bridgehead atoms. The van der Waals surface area contributed by atoms with Crippen molar-refractivity contribution in [2.24, 2.45) is 0 Å². The zero-order valence-electron chi connectivity index (χ0n) is 11.8. The van der Waals surface area contributed by atoms with E-state index in [2.05, 4.69) is 9.97 Å². The van der Waals surface area contributed by atoms with Crippen LogP contribution in [0.4, 0.5) is 14.6 Å². The highest BCUT2D eigenvalue weighted by Crippen LogP contribution is 2.34. The first-order valence-electron chi connectivity index (χ1n) is 6.97. The van der Waals surface area contributed by atoms with Crippen molar-refractivity contribution >= 4 is 5.82 Å². The maximum Gasteiger partial charge on any atom is 0.144 e. The van der Waals surface area contributed by atoms with Gasteiger partial charge in [0.05, 0.1) is 12.6 Å². The number of nitrogens with zero attached hydrogens (tertiary/aromatic N) is 3. The van der Waals surface area contributed by atoms with E-state index in [1.54, 1.807) is 12.3 Å². The Kier molecular flexibility index (Phi) is 4.00. The van der Waals surface area contributed by atoms with E-state index in [4.69, 9.17) is 5.73 Å². The van der Waals surface area contributed by atoms with Gasteiger partial charge in [-0.3, -0.25) is 4.90 Å². The summed E-state index contributed by atoms with van der Waals surface area (Å²) in [5.74, 6) is -0.161. The molecule has 1 aliphatic rings. The molecule has 5 nitrogen and oxygen atoms in total. The number of benzene rings is 1. The summed E-state index contributed by atoms with van der Waals surface area (Å²) in [6, 6.07) is 4.51. The molecule has 1 aromatic heterocycles. The molecule has 0 saturated carbocycles. The average Bonchev–Trinajstić information content (AvgIpc) is 2.82. The standard InChI is InChI=1S/C15H16F2N4O/c16-9-1-2-12(17)11(5-9)13-6-10(22)7-21(13)8-15-19-4-3-14(18)20-15/h1-5,10,13,22H,6-8H2,(H2,18,19,20)/t10-,13-/m0/s1. The molecule has 116 valence electrons. The second kappa shape index (κ2) is 5.94. The fourth-order valence-electron chi connectivity index (χ4n) is 2.82. The van der Waals surface area contributed by atoms with E-state index in [0.29, 0.717) is 31.2 Å². The minimum Gasteiger partial charge on any atom is -0.392 e. The minimum atomic E-state index is -0.603. The van der Waals surface area contributed by atoms with Gasteiger partial charge in [-0.05, 0) is 30.7 Å². The maximum atomic E-state index is 14.0. The third-order valence-corrected chi connectivity index (χ3v) is 3.77. The summed E-state index contributed by atoms with van der Waals surface area (Å²) in [7, 11) is 0. The van der Waals surface area contributed by atoms with E-state index in [9.17, 15) is 13.9 Å². The number of anilines is 1. The minimum absolute atomic E-state index is 0.237. The van der Waals surface area contributed by atoms with Gasteiger partial charge in [-0.25, -0.2) is 18.7 Å². The molecule has 1 saturated heterocycles. The Morgan fingerprint density at radius 1 is 1.32 bits per heavy atom. The molecule has 3 rings (SSSR count). The Balaban J connectivity index is 1.87. The van der Waals surface area contributed by atoms with Gasteiger partial charge in [-0.2, -0.15) is 0 Å². The fraction of sp³-hybridized carbons (Fsp3) is 0.333.